The number of hydrogen-bond donors (Lipinski definition) is 1. The van der Waals surface area contributed by atoms with Crippen molar-refractivity contribution in [3.63, 3.8) is 0 Å². The van der Waals surface area contributed by atoms with Crippen LogP contribution in [-0.2, 0) is 6.42 Å². The van der Waals surface area contributed by atoms with Gasteiger partial charge < -0.3 is 5.73 Å². The average Bonchev–Trinajstić information content (AvgIpc) is 2.90. The minimum Gasteiger partial charge on any atom is -0.322 e. The summed E-state index contributed by atoms with van der Waals surface area (Å²) in [5.41, 5.74) is 10.2. The molecule has 1 aromatic carbocycles. The highest BCUT2D eigenvalue weighted by Gasteiger charge is 2.17. The molecule has 108 valence electrons. The van der Waals surface area contributed by atoms with Crippen LogP contribution >= 0.6 is 0 Å². The molecule has 0 spiro atoms. The van der Waals surface area contributed by atoms with E-state index in [1.165, 1.54) is 5.56 Å². The van der Waals surface area contributed by atoms with Crippen molar-refractivity contribution in [3.05, 3.63) is 58.8 Å². The van der Waals surface area contributed by atoms with Crippen molar-refractivity contribution in [1.82, 2.24) is 19.6 Å². The van der Waals surface area contributed by atoms with Crippen molar-refractivity contribution >= 4 is 5.65 Å². The van der Waals surface area contributed by atoms with E-state index in [0.29, 0.717) is 0 Å². The molecule has 0 bridgehead atoms. The lowest BCUT2D eigenvalue weighted by atomic mass is 10.0. The van der Waals surface area contributed by atoms with Gasteiger partial charge in [0.2, 0.25) is 0 Å². The zero-order valence-corrected chi connectivity index (χ0v) is 12.5. The van der Waals surface area contributed by atoms with Gasteiger partial charge in [0, 0.05) is 17.7 Å². The second kappa shape index (κ2) is 5.26. The van der Waals surface area contributed by atoms with Crippen molar-refractivity contribution < 1.29 is 0 Å². The number of aromatic nitrogens is 4. The Kier molecular flexibility index (Phi) is 3.43. The second-order valence-electron chi connectivity index (χ2n) is 5.39. The predicted octanol–water partition coefficient (Wildman–Crippen LogP) is 2.35. The predicted molar refractivity (Wildman–Crippen MR) is 82.1 cm³/mol. The number of rotatable bonds is 3. The largest absolute Gasteiger partial charge is 0.322 e. The van der Waals surface area contributed by atoms with Crippen LogP contribution < -0.4 is 5.73 Å². The molecule has 0 fully saturated rings. The lowest BCUT2D eigenvalue weighted by molar-refractivity contribution is 0.712. The van der Waals surface area contributed by atoms with Crippen LogP contribution in [-0.4, -0.2) is 19.6 Å². The summed E-state index contributed by atoms with van der Waals surface area (Å²) >= 11 is 0. The van der Waals surface area contributed by atoms with E-state index in [1.807, 2.05) is 43.4 Å². The van der Waals surface area contributed by atoms with Gasteiger partial charge in [-0.05, 0) is 26.3 Å². The zero-order valence-electron chi connectivity index (χ0n) is 12.5. The highest BCUT2D eigenvalue weighted by molar-refractivity contribution is 5.52. The Bertz CT molecular complexity index is 774. The number of benzene rings is 1. The van der Waals surface area contributed by atoms with Gasteiger partial charge in [0.15, 0.2) is 11.5 Å². The van der Waals surface area contributed by atoms with Crippen molar-refractivity contribution in [1.29, 1.82) is 0 Å². The highest BCUT2D eigenvalue weighted by atomic mass is 15.3. The first-order chi connectivity index (χ1) is 10.1. The Morgan fingerprint density at radius 3 is 2.52 bits per heavy atom. The summed E-state index contributed by atoms with van der Waals surface area (Å²) in [5, 5.41) is 8.60. The molecule has 0 saturated carbocycles. The maximum atomic E-state index is 5.98. The van der Waals surface area contributed by atoms with Gasteiger partial charge in [-0.15, -0.1) is 10.2 Å². The summed E-state index contributed by atoms with van der Waals surface area (Å²) in [6, 6.07) is 10.1. The smallest absolute Gasteiger partial charge is 0.167 e. The van der Waals surface area contributed by atoms with E-state index in [2.05, 4.69) is 27.3 Å². The second-order valence-corrected chi connectivity index (χ2v) is 5.39. The lowest BCUT2D eigenvalue weighted by Crippen LogP contribution is -2.13. The van der Waals surface area contributed by atoms with Crippen LogP contribution in [0.3, 0.4) is 0 Å². The molecule has 0 aliphatic heterocycles. The van der Waals surface area contributed by atoms with Crippen LogP contribution in [0.1, 0.15) is 41.4 Å². The normalized spacial score (nSPS) is 12.8. The third-order valence-electron chi connectivity index (χ3n) is 3.68. The third-order valence-corrected chi connectivity index (χ3v) is 3.68. The first-order valence-electron chi connectivity index (χ1n) is 7.08. The van der Waals surface area contributed by atoms with Gasteiger partial charge in [0.05, 0.1) is 6.04 Å². The molecule has 3 aromatic rings. The first-order valence-corrected chi connectivity index (χ1v) is 7.08. The fourth-order valence-electron chi connectivity index (χ4n) is 2.63. The Morgan fingerprint density at radius 1 is 1.14 bits per heavy atom. The van der Waals surface area contributed by atoms with Crippen LogP contribution in [0.5, 0.6) is 0 Å². The molecule has 2 heterocycles. The van der Waals surface area contributed by atoms with Gasteiger partial charge in [-0.1, -0.05) is 30.3 Å². The van der Waals surface area contributed by atoms with E-state index in [-0.39, 0.29) is 6.04 Å². The molecule has 5 heteroatoms. The third kappa shape index (κ3) is 2.40. The Balaban J connectivity index is 2.18. The fourth-order valence-corrected chi connectivity index (χ4v) is 2.63. The molecule has 3 rings (SSSR count). The summed E-state index contributed by atoms with van der Waals surface area (Å²) in [5.74, 6) is 1.63. The molecular weight excluding hydrogens is 262 g/mol. The molecule has 0 radical (unpaired) electrons. The monoisotopic (exact) mass is 281 g/mol. The zero-order chi connectivity index (χ0) is 15.0. The molecule has 0 saturated heterocycles. The number of aryl methyl sites for hydroxylation is 2. The van der Waals surface area contributed by atoms with E-state index in [0.717, 1.165) is 35.0 Å². The summed E-state index contributed by atoms with van der Waals surface area (Å²) < 4.78 is 1.97. The van der Waals surface area contributed by atoms with Crippen molar-refractivity contribution in [3.8, 4) is 0 Å². The number of nitrogens with two attached hydrogens (primary N) is 1. The van der Waals surface area contributed by atoms with Gasteiger partial charge in [-0.25, -0.2) is 4.98 Å². The standard InChI is InChI=1S/C16H19N5/c1-10(17)15-19-20-16-14(9-13-7-5-4-6-8-13)11(2)18-12(3)21(15)16/h4-8,10H,9,17H2,1-3H3. The first kappa shape index (κ1) is 13.7. The molecule has 2 N–H and O–H groups in total. The average molecular weight is 281 g/mol. The molecular formula is C16H19N5. The SMILES string of the molecule is Cc1nc(C)n2c(C(C)N)nnc2c1Cc1ccccc1. The maximum Gasteiger partial charge on any atom is 0.167 e. The van der Waals surface area contributed by atoms with Crippen LogP contribution in [0.2, 0.25) is 0 Å². The number of hydrogen-bond acceptors (Lipinski definition) is 4. The molecule has 2 aromatic heterocycles. The van der Waals surface area contributed by atoms with Gasteiger partial charge in [0.25, 0.3) is 0 Å². The topological polar surface area (TPSA) is 69.1 Å². The molecule has 21 heavy (non-hydrogen) atoms. The van der Waals surface area contributed by atoms with E-state index >= 15 is 0 Å². The Labute approximate surface area is 123 Å². The lowest BCUT2D eigenvalue weighted by Gasteiger charge is -2.11. The van der Waals surface area contributed by atoms with E-state index in [4.69, 9.17) is 5.73 Å². The quantitative estimate of drug-likeness (QED) is 0.800. The molecule has 0 aliphatic carbocycles. The van der Waals surface area contributed by atoms with Crippen LogP contribution in [0, 0.1) is 13.8 Å². The van der Waals surface area contributed by atoms with Gasteiger partial charge in [-0.2, -0.15) is 0 Å². The molecule has 1 atom stereocenters. The van der Waals surface area contributed by atoms with Crippen LogP contribution in [0.25, 0.3) is 5.65 Å². The highest BCUT2D eigenvalue weighted by Crippen LogP contribution is 2.21. The number of nitrogens with zero attached hydrogens (tertiary/aromatic N) is 4. The minimum atomic E-state index is -0.173. The molecule has 1 unspecified atom stereocenters. The molecule has 0 aliphatic rings. The summed E-state index contributed by atoms with van der Waals surface area (Å²) in [7, 11) is 0. The summed E-state index contributed by atoms with van der Waals surface area (Å²) in [6.45, 7) is 5.89. The van der Waals surface area contributed by atoms with E-state index in [1.54, 1.807) is 0 Å². The fraction of sp³-hybridized carbons (Fsp3) is 0.312. The van der Waals surface area contributed by atoms with Gasteiger partial charge in [-0.3, -0.25) is 4.40 Å². The van der Waals surface area contributed by atoms with Crippen LogP contribution in [0.15, 0.2) is 30.3 Å². The maximum absolute atomic E-state index is 5.98. The number of fused-ring (bicyclic) bond motifs is 1. The minimum absolute atomic E-state index is 0.173. The van der Waals surface area contributed by atoms with Gasteiger partial charge >= 0.3 is 0 Å². The summed E-state index contributed by atoms with van der Waals surface area (Å²) in [6.07, 6.45) is 0.792. The van der Waals surface area contributed by atoms with E-state index in [9.17, 15) is 0 Å². The van der Waals surface area contributed by atoms with Crippen molar-refractivity contribution in [2.75, 3.05) is 0 Å². The summed E-state index contributed by atoms with van der Waals surface area (Å²) in [4.78, 5) is 4.64. The van der Waals surface area contributed by atoms with Crippen molar-refractivity contribution in [2.24, 2.45) is 5.73 Å². The Morgan fingerprint density at radius 2 is 1.86 bits per heavy atom. The molecule has 5 nitrogen and oxygen atoms in total. The van der Waals surface area contributed by atoms with Gasteiger partial charge in [0.1, 0.15) is 5.82 Å². The van der Waals surface area contributed by atoms with E-state index < -0.39 is 0 Å². The Hall–Kier alpha value is -2.27. The van der Waals surface area contributed by atoms with Crippen molar-refractivity contribution in [2.45, 2.75) is 33.2 Å². The molecule has 0 amide bonds. The van der Waals surface area contributed by atoms with Crippen LogP contribution in [0.4, 0.5) is 0 Å².